The number of nitrogens with one attached hydrogen (secondary N) is 1. The lowest BCUT2D eigenvalue weighted by molar-refractivity contribution is -0.145. The molecule has 25 heavy (non-hydrogen) atoms. The number of carboxylic acids is 1. The average molecular weight is 346 g/mol. The molecule has 0 spiro atoms. The molecule has 1 aromatic heterocycles. The number of carbonyl (C=O) groups is 2. The number of hydrogen-bond donors (Lipinski definition) is 2. The molecule has 6 nitrogen and oxygen atoms in total. The van der Waals surface area contributed by atoms with Gasteiger partial charge < -0.3 is 19.7 Å². The third kappa shape index (κ3) is 5.60. The van der Waals surface area contributed by atoms with Crippen LogP contribution >= 0.6 is 0 Å². The molecule has 0 aliphatic heterocycles. The van der Waals surface area contributed by atoms with Gasteiger partial charge in [0.2, 0.25) is 0 Å². The van der Waals surface area contributed by atoms with E-state index in [9.17, 15) is 9.59 Å². The summed E-state index contributed by atoms with van der Waals surface area (Å²) >= 11 is 0. The molecule has 6 heteroatoms. The maximum Gasteiger partial charge on any atom is 0.322 e. The molecular weight excluding hydrogens is 320 g/mol. The Bertz CT molecular complexity index is 717. The second-order valence-electron chi connectivity index (χ2n) is 6.16. The molecule has 0 saturated carbocycles. The molecule has 1 heterocycles. The largest absolute Gasteiger partial charge is 0.481 e. The van der Waals surface area contributed by atoms with E-state index in [1.807, 2.05) is 12.3 Å². The lowest BCUT2D eigenvalue weighted by Gasteiger charge is -2.20. The first-order chi connectivity index (χ1) is 12.0. The van der Waals surface area contributed by atoms with Gasteiger partial charge in [-0.15, -0.1) is 0 Å². The molecule has 0 fully saturated rings. The molecule has 136 valence electrons. The van der Waals surface area contributed by atoms with E-state index < -0.39 is 18.4 Å². The molecule has 0 amide bonds. The molecule has 0 saturated heterocycles. The number of fused-ring (bicyclic) bond motifs is 1. The third-order valence-electron chi connectivity index (χ3n) is 4.04. The van der Waals surface area contributed by atoms with Crippen LogP contribution in [0.3, 0.4) is 0 Å². The lowest BCUT2D eigenvalue weighted by Crippen LogP contribution is -2.27. The number of carboxylic acid groups (broad SMARTS) is 1. The van der Waals surface area contributed by atoms with Crippen molar-refractivity contribution in [3.63, 3.8) is 0 Å². The van der Waals surface area contributed by atoms with Gasteiger partial charge in [-0.3, -0.25) is 9.59 Å². The van der Waals surface area contributed by atoms with Gasteiger partial charge in [-0.2, -0.15) is 0 Å². The Hall–Kier alpha value is -2.34. The fraction of sp³-hybridized carbons (Fsp3) is 0.474. The third-order valence-corrected chi connectivity index (χ3v) is 4.04. The number of rotatable bonds is 10. The van der Waals surface area contributed by atoms with Gasteiger partial charge in [0.05, 0.1) is 0 Å². The number of aromatic nitrogens is 1. The molecule has 2 N–H and O–H groups in total. The standard InChI is InChI=1S/C19H26N2O4/c1-3-8-21(9-4-2)10-7-14-13-20-17-6-5-15(11-16(14)17)25-19(24)12-18(22)23/h5-6,11,13,20H,3-4,7-10,12H2,1-2H3,(H,22,23). The topological polar surface area (TPSA) is 82.6 Å². The second kappa shape index (κ2) is 9.22. The Morgan fingerprint density at radius 3 is 2.52 bits per heavy atom. The second-order valence-corrected chi connectivity index (χ2v) is 6.16. The van der Waals surface area contributed by atoms with Crippen LogP contribution in [0.5, 0.6) is 5.75 Å². The predicted octanol–water partition coefficient (Wildman–Crippen LogP) is 3.21. The lowest BCUT2D eigenvalue weighted by atomic mass is 10.1. The maximum atomic E-state index is 11.5. The molecule has 2 rings (SSSR count). The number of aromatic amines is 1. The number of esters is 1. The Morgan fingerprint density at radius 1 is 1.16 bits per heavy atom. The van der Waals surface area contributed by atoms with Crippen molar-refractivity contribution in [1.82, 2.24) is 9.88 Å². The number of hydrogen-bond acceptors (Lipinski definition) is 4. The van der Waals surface area contributed by atoms with Crippen LogP contribution in [0.25, 0.3) is 10.9 Å². The smallest absolute Gasteiger partial charge is 0.322 e. The van der Waals surface area contributed by atoms with Crippen LogP contribution in [-0.4, -0.2) is 46.6 Å². The van der Waals surface area contributed by atoms with Crippen molar-refractivity contribution in [2.45, 2.75) is 39.5 Å². The van der Waals surface area contributed by atoms with Crippen molar-refractivity contribution in [3.8, 4) is 5.75 Å². The zero-order chi connectivity index (χ0) is 18.2. The van der Waals surface area contributed by atoms with E-state index in [1.54, 1.807) is 12.1 Å². The van der Waals surface area contributed by atoms with E-state index in [0.29, 0.717) is 5.75 Å². The van der Waals surface area contributed by atoms with Gasteiger partial charge in [0.15, 0.2) is 0 Å². The van der Waals surface area contributed by atoms with Crippen LogP contribution in [0.4, 0.5) is 0 Å². The first kappa shape index (κ1) is 19.0. The van der Waals surface area contributed by atoms with Crippen molar-refractivity contribution in [1.29, 1.82) is 0 Å². The summed E-state index contributed by atoms with van der Waals surface area (Å²) in [6, 6.07) is 5.31. The summed E-state index contributed by atoms with van der Waals surface area (Å²) in [6.45, 7) is 7.54. The summed E-state index contributed by atoms with van der Waals surface area (Å²) in [5, 5.41) is 9.65. The van der Waals surface area contributed by atoms with Gasteiger partial charge in [0.1, 0.15) is 12.2 Å². The number of carbonyl (C=O) groups excluding carboxylic acids is 1. The summed E-state index contributed by atoms with van der Waals surface area (Å²) in [6.07, 6.45) is 4.53. The van der Waals surface area contributed by atoms with Crippen molar-refractivity contribution < 1.29 is 19.4 Å². The molecule has 2 aromatic rings. The average Bonchev–Trinajstić information content (AvgIpc) is 2.94. The normalized spacial score (nSPS) is 11.2. The minimum Gasteiger partial charge on any atom is -0.481 e. The molecule has 0 bridgehead atoms. The van der Waals surface area contributed by atoms with Crippen LogP contribution in [0.15, 0.2) is 24.4 Å². The predicted molar refractivity (Wildman–Crippen MR) is 96.9 cm³/mol. The van der Waals surface area contributed by atoms with Gasteiger partial charge in [0, 0.05) is 23.6 Å². The zero-order valence-electron chi connectivity index (χ0n) is 14.9. The van der Waals surface area contributed by atoms with Crippen molar-refractivity contribution >= 4 is 22.8 Å². The Kier molecular flexibility index (Phi) is 7.01. The first-order valence-corrected chi connectivity index (χ1v) is 8.78. The highest BCUT2D eigenvalue weighted by molar-refractivity contribution is 5.92. The van der Waals surface area contributed by atoms with E-state index in [0.717, 1.165) is 49.8 Å². The van der Waals surface area contributed by atoms with Crippen molar-refractivity contribution in [2.24, 2.45) is 0 Å². The maximum absolute atomic E-state index is 11.5. The number of benzene rings is 1. The zero-order valence-corrected chi connectivity index (χ0v) is 14.9. The van der Waals surface area contributed by atoms with Crippen LogP contribution < -0.4 is 4.74 Å². The Morgan fingerprint density at radius 2 is 1.88 bits per heavy atom. The van der Waals surface area contributed by atoms with Crippen LogP contribution in [0, 0.1) is 0 Å². The highest BCUT2D eigenvalue weighted by Crippen LogP contribution is 2.24. The highest BCUT2D eigenvalue weighted by atomic mass is 16.5. The number of ether oxygens (including phenoxy) is 1. The van der Waals surface area contributed by atoms with Gasteiger partial charge in [-0.05, 0) is 56.1 Å². The van der Waals surface area contributed by atoms with Crippen LogP contribution in [-0.2, 0) is 16.0 Å². The number of H-pyrrole nitrogens is 1. The molecule has 0 radical (unpaired) electrons. The van der Waals surface area contributed by atoms with Gasteiger partial charge in [-0.25, -0.2) is 0 Å². The van der Waals surface area contributed by atoms with E-state index in [4.69, 9.17) is 9.84 Å². The SMILES string of the molecule is CCCN(CCC)CCc1c[nH]c2ccc(OC(=O)CC(=O)O)cc12. The number of nitrogens with zero attached hydrogens (tertiary/aromatic N) is 1. The minimum atomic E-state index is -1.19. The van der Waals surface area contributed by atoms with Crippen molar-refractivity contribution in [2.75, 3.05) is 19.6 Å². The highest BCUT2D eigenvalue weighted by Gasteiger charge is 2.12. The summed E-state index contributed by atoms with van der Waals surface area (Å²) in [5.74, 6) is -1.58. The minimum absolute atomic E-state index is 0.374. The molecule has 1 aromatic carbocycles. The van der Waals surface area contributed by atoms with E-state index in [1.165, 1.54) is 5.56 Å². The van der Waals surface area contributed by atoms with Gasteiger partial charge >= 0.3 is 11.9 Å². The van der Waals surface area contributed by atoms with Crippen LogP contribution in [0.2, 0.25) is 0 Å². The fourth-order valence-electron chi connectivity index (χ4n) is 2.97. The van der Waals surface area contributed by atoms with Crippen LogP contribution in [0.1, 0.15) is 38.7 Å². The monoisotopic (exact) mass is 346 g/mol. The first-order valence-electron chi connectivity index (χ1n) is 8.78. The van der Waals surface area contributed by atoms with Crippen molar-refractivity contribution in [3.05, 3.63) is 30.0 Å². The fourth-order valence-corrected chi connectivity index (χ4v) is 2.97. The summed E-state index contributed by atoms with van der Waals surface area (Å²) in [7, 11) is 0. The number of aliphatic carboxylic acids is 1. The molecule has 0 aliphatic rings. The van der Waals surface area contributed by atoms with Gasteiger partial charge in [0.25, 0.3) is 0 Å². The quantitative estimate of drug-likeness (QED) is 0.392. The van der Waals surface area contributed by atoms with E-state index >= 15 is 0 Å². The van der Waals surface area contributed by atoms with E-state index in [2.05, 4.69) is 23.7 Å². The van der Waals surface area contributed by atoms with E-state index in [-0.39, 0.29) is 0 Å². The van der Waals surface area contributed by atoms with Gasteiger partial charge in [-0.1, -0.05) is 13.8 Å². The molecular formula is C19H26N2O4. The Labute approximate surface area is 147 Å². The summed E-state index contributed by atoms with van der Waals surface area (Å²) in [4.78, 5) is 27.8. The molecule has 0 unspecified atom stereocenters. The molecule has 0 aliphatic carbocycles. The summed E-state index contributed by atoms with van der Waals surface area (Å²) < 4.78 is 5.12. The Balaban J connectivity index is 2.09. The summed E-state index contributed by atoms with van der Waals surface area (Å²) in [5.41, 5.74) is 2.15. The molecule has 0 atom stereocenters.